The molecule has 0 bridgehead atoms. The smallest absolute Gasteiger partial charge is 0.119 e. The Morgan fingerprint density at radius 3 is 2.63 bits per heavy atom. The SMILES string of the molecule is CCOc1ccc(C(CN)c2cc(C)[nH]n2)c(C)c1. The van der Waals surface area contributed by atoms with Gasteiger partial charge in [-0.1, -0.05) is 6.07 Å². The summed E-state index contributed by atoms with van der Waals surface area (Å²) in [5.41, 5.74) is 10.4. The van der Waals surface area contributed by atoms with Crippen molar-refractivity contribution in [2.45, 2.75) is 26.7 Å². The molecule has 0 saturated heterocycles. The summed E-state index contributed by atoms with van der Waals surface area (Å²) in [6.45, 7) is 7.28. The number of nitrogens with two attached hydrogens (primary N) is 1. The third kappa shape index (κ3) is 2.96. The van der Waals surface area contributed by atoms with Crippen molar-refractivity contribution in [3.8, 4) is 5.75 Å². The lowest BCUT2D eigenvalue weighted by atomic mass is 9.92. The van der Waals surface area contributed by atoms with Crippen molar-refractivity contribution in [1.29, 1.82) is 0 Å². The number of ether oxygens (including phenoxy) is 1. The van der Waals surface area contributed by atoms with Gasteiger partial charge in [0.15, 0.2) is 0 Å². The number of benzene rings is 1. The summed E-state index contributed by atoms with van der Waals surface area (Å²) in [6.07, 6.45) is 0. The van der Waals surface area contributed by atoms with Crippen LogP contribution in [-0.2, 0) is 0 Å². The molecule has 4 nitrogen and oxygen atoms in total. The molecule has 4 heteroatoms. The summed E-state index contributed by atoms with van der Waals surface area (Å²) in [5, 5.41) is 7.30. The molecule has 0 aliphatic carbocycles. The fraction of sp³-hybridized carbons (Fsp3) is 0.400. The molecule has 3 N–H and O–H groups in total. The summed E-state index contributed by atoms with van der Waals surface area (Å²) >= 11 is 0. The number of aromatic nitrogens is 2. The highest BCUT2D eigenvalue weighted by atomic mass is 16.5. The number of hydrogen-bond donors (Lipinski definition) is 2. The predicted molar refractivity (Wildman–Crippen MR) is 76.6 cm³/mol. The molecule has 0 amide bonds. The lowest BCUT2D eigenvalue weighted by Crippen LogP contribution is -2.15. The molecule has 0 saturated carbocycles. The number of aromatic amines is 1. The van der Waals surface area contributed by atoms with Crippen molar-refractivity contribution in [3.63, 3.8) is 0 Å². The highest BCUT2D eigenvalue weighted by Crippen LogP contribution is 2.28. The van der Waals surface area contributed by atoms with E-state index in [0.29, 0.717) is 13.2 Å². The molecule has 1 unspecified atom stereocenters. The van der Waals surface area contributed by atoms with Crippen molar-refractivity contribution >= 4 is 0 Å². The minimum absolute atomic E-state index is 0.126. The van der Waals surface area contributed by atoms with Crippen LogP contribution < -0.4 is 10.5 Å². The average Bonchev–Trinajstić information content (AvgIpc) is 2.80. The molecule has 0 fully saturated rings. The second kappa shape index (κ2) is 5.89. The first-order chi connectivity index (χ1) is 9.15. The van der Waals surface area contributed by atoms with Gasteiger partial charge in [-0.25, -0.2) is 0 Å². The van der Waals surface area contributed by atoms with Crippen LogP contribution in [0, 0.1) is 13.8 Å². The third-order valence-electron chi connectivity index (χ3n) is 3.25. The third-order valence-corrected chi connectivity index (χ3v) is 3.25. The van der Waals surface area contributed by atoms with Gasteiger partial charge in [-0.05, 0) is 50.1 Å². The van der Waals surface area contributed by atoms with Crippen LogP contribution in [0.4, 0.5) is 0 Å². The Morgan fingerprint density at radius 1 is 1.32 bits per heavy atom. The van der Waals surface area contributed by atoms with Crippen molar-refractivity contribution in [2.75, 3.05) is 13.2 Å². The molecule has 1 aromatic carbocycles. The number of rotatable bonds is 5. The highest BCUT2D eigenvalue weighted by Gasteiger charge is 2.17. The second-order valence-corrected chi connectivity index (χ2v) is 4.72. The maximum absolute atomic E-state index is 5.93. The Balaban J connectivity index is 2.33. The van der Waals surface area contributed by atoms with E-state index in [2.05, 4.69) is 29.3 Å². The van der Waals surface area contributed by atoms with E-state index >= 15 is 0 Å². The molecular formula is C15H21N3O. The molecule has 1 atom stereocenters. The zero-order valence-corrected chi connectivity index (χ0v) is 11.7. The predicted octanol–water partition coefficient (Wildman–Crippen LogP) is 2.52. The van der Waals surface area contributed by atoms with E-state index in [-0.39, 0.29) is 5.92 Å². The maximum atomic E-state index is 5.93. The number of nitrogens with zero attached hydrogens (tertiary/aromatic N) is 1. The molecule has 2 rings (SSSR count). The molecule has 0 radical (unpaired) electrons. The van der Waals surface area contributed by atoms with Crippen LogP contribution >= 0.6 is 0 Å². The Hall–Kier alpha value is -1.81. The van der Waals surface area contributed by atoms with Gasteiger partial charge in [-0.2, -0.15) is 5.10 Å². The highest BCUT2D eigenvalue weighted by molar-refractivity contribution is 5.40. The first-order valence-corrected chi connectivity index (χ1v) is 6.61. The summed E-state index contributed by atoms with van der Waals surface area (Å²) in [5.74, 6) is 1.03. The van der Waals surface area contributed by atoms with Crippen molar-refractivity contribution < 1.29 is 4.74 Å². The zero-order chi connectivity index (χ0) is 13.8. The van der Waals surface area contributed by atoms with Crippen LogP contribution in [0.1, 0.15) is 35.4 Å². The normalized spacial score (nSPS) is 12.4. The standard InChI is InChI=1S/C15H21N3O/c1-4-19-12-5-6-13(10(2)7-12)14(9-16)15-8-11(3)17-18-15/h5-8,14H,4,9,16H2,1-3H3,(H,17,18). The molecular weight excluding hydrogens is 238 g/mol. The maximum Gasteiger partial charge on any atom is 0.119 e. The zero-order valence-electron chi connectivity index (χ0n) is 11.7. The van der Waals surface area contributed by atoms with Gasteiger partial charge in [-0.15, -0.1) is 0 Å². The summed E-state index contributed by atoms with van der Waals surface area (Å²) in [6, 6.07) is 8.18. The molecule has 1 heterocycles. The number of nitrogens with one attached hydrogen (secondary N) is 1. The van der Waals surface area contributed by atoms with Gasteiger partial charge in [0, 0.05) is 18.2 Å². The van der Waals surface area contributed by atoms with E-state index in [4.69, 9.17) is 10.5 Å². The van der Waals surface area contributed by atoms with E-state index in [9.17, 15) is 0 Å². The molecule has 0 spiro atoms. The van der Waals surface area contributed by atoms with Gasteiger partial charge in [0.25, 0.3) is 0 Å². The second-order valence-electron chi connectivity index (χ2n) is 4.72. The van der Waals surface area contributed by atoms with Crippen molar-refractivity contribution in [2.24, 2.45) is 5.73 Å². The summed E-state index contributed by atoms with van der Waals surface area (Å²) in [4.78, 5) is 0. The van der Waals surface area contributed by atoms with Crippen molar-refractivity contribution in [1.82, 2.24) is 10.2 Å². The van der Waals surface area contributed by atoms with Gasteiger partial charge in [0.05, 0.1) is 12.3 Å². The van der Waals surface area contributed by atoms with Gasteiger partial charge in [-0.3, -0.25) is 5.10 Å². The first kappa shape index (κ1) is 13.6. The fourth-order valence-electron chi connectivity index (χ4n) is 2.32. The van der Waals surface area contributed by atoms with E-state index in [1.807, 2.05) is 26.0 Å². The van der Waals surface area contributed by atoms with Gasteiger partial charge in [0.1, 0.15) is 5.75 Å². The molecule has 2 aromatic rings. The van der Waals surface area contributed by atoms with E-state index in [1.165, 1.54) is 11.1 Å². The van der Waals surface area contributed by atoms with Gasteiger partial charge >= 0.3 is 0 Å². The largest absolute Gasteiger partial charge is 0.494 e. The number of aryl methyl sites for hydroxylation is 2. The van der Waals surface area contributed by atoms with Crippen LogP contribution in [0.3, 0.4) is 0 Å². The summed E-state index contributed by atoms with van der Waals surface area (Å²) in [7, 11) is 0. The van der Waals surface area contributed by atoms with Gasteiger partial charge in [0.2, 0.25) is 0 Å². The minimum atomic E-state index is 0.126. The van der Waals surface area contributed by atoms with Crippen LogP contribution in [-0.4, -0.2) is 23.3 Å². The van der Waals surface area contributed by atoms with E-state index < -0.39 is 0 Å². The van der Waals surface area contributed by atoms with Crippen LogP contribution in [0.25, 0.3) is 0 Å². The Labute approximate surface area is 114 Å². The van der Waals surface area contributed by atoms with E-state index in [1.54, 1.807) is 0 Å². The molecule has 19 heavy (non-hydrogen) atoms. The lowest BCUT2D eigenvalue weighted by molar-refractivity contribution is 0.340. The van der Waals surface area contributed by atoms with Gasteiger partial charge < -0.3 is 10.5 Å². The Bertz CT molecular complexity index is 548. The molecule has 0 aliphatic rings. The van der Waals surface area contributed by atoms with Crippen molar-refractivity contribution in [3.05, 3.63) is 46.8 Å². The van der Waals surface area contributed by atoms with Crippen LogP contribution in [0.5, 0.6) is 5.75 Å². The Morgan fingerprint density at radius 2 is 2.11 bits per heavy atom. The van der Waals surface area contributed by atoms with Crippen LogP contribution in [0.2, 0.25) is 0 Å². The topological polar surface area (TPSA) is 63.9 Å². The minimum Gasteiger partial charge on any atom is -0.494 e. The average molecular weight is 259 g/mol. The molecule has 102 valence electrons. The van der Waals surface area contributed by atoms with E-state index in [0.717, 1.165) is 17.1 Å². The van der Waals surface area contributed by atoms with Crippen LogP contribution in [0.15, 0.2) is 24.3 Å². The number of H-pyrrole nitrogens is 1. The molecule has 1 aromatic heterocycles. The fourth-order valence-corrected chi connectivity index (χ4v) is 2.32. The monoisotopic (exact) mass is 259 g/mol. The lowest BCUT2D eigenvalue weighted by Gasteiger charge is -2.16. The Kier molecular flexibility index (Phi) is 4.22. The first-order valence-electron chi connectivity index (χ1n) is 6.61. The summed E-state index contributed by atoms with van der Waals surface area (Å²) < 4.78 is 5.51. The molecule has 0 aliphatic heterocycles. The number of hydrogen-bond acceptors (Lipinski definition) is 3. The quantitative estimate of drug-likeness (QED) is 0.867.